The Labute approximate surface area is 138 Å². The van der Waals surface area contributed by atoms with E-state index in [4.69, 9.17) is 0 Å². The fourth-order valence-electron chi connectivity index (χ4n) is 3.74. The van der Waals surface area contributed by atoms with Gasteiger partial charge in [0.1, 0.15) is 0 Å². The fraction of sp³-hybridized carbons (Fsp3) is 0.333. The first-order valence-corrected chi connectivity index (χ1v) is 8.67. The number of piperidine rings is 1. The number of aryl methyl sites for hydroxylation is 1. The minimum absolute atomic E-state index is 0.512. The van der Waals surface area contributed by atoms with E-state index in [1.165, 1.54) is 53.5 Å². The van der Waals surface area contributed by atoms with Crippen LogP contribution in [-0.4, -0.2) is 16.4 Å². The molecule has 1 aliphatic rings. The van der Waals surface area contributed by atoms with Gasteiger partial charge in [-0.2, -0.15) is 0 Å². The number of fused-ring (bicyclic) bond motifs is 1. The van der Waals surface area contributed by atoms with Crippen LogP contribution < -0.4 is 0 Å². The van der Waals surface area contributed by atoms with E-state index in [0.717, 1.165) is 6.54 Å². The zero-order chi connectivity index (χ0) is 15.6. The highest BCUT2D eigenvalue weighted by Crippen LogP contribution is 2.33. The summed E-state index contributed by atoms with van der Waals surface area (Å²) in [5, 5.41) is 1.32. The minimum atomic E-state index is 0.512. The van der Waals surface area contributed by atoms with Gasteiger partial charge in [-0.15, -0.1) is 0 Å². The molecule has 1 aliphatic heterocycles. The molecule has 2 heterocycles. The smallest absolute Gasteiger partial charge is 0.0502 e. The van der Waals surface area contributed by atoms with Gasteiger partial charge in [-0.25, -0.2) is 0 Å². The predicted octanol–water partition coefficient (Wildman–Crippen LogP) is 5.20. The molecule has 0 radical (unpaired) electrons. The van der Waals surface area contributed by atoms with E-state index >= 15 is 0 Å². The summed E-state index contributed by atoms with van der Waals surface area (Å²) in [6.45, 7) is 4.38. The number of benzene rings is 2. The Morgan fingerprint density at radius 2 is 1.87 bits per heavy atom. The first-order valence-electron chi connectivity index (χ1n) is 8.67. The third-order valence-electron chi connectivity index (χ3n) is 5.03. The summed E-state index contributed by atoms with van der Waals surface area (Å²) < 4.78 is 0. The highest BCUT2D eigenvalue weighted by atomic mass is 15.2. The molecule has 118 valence electrons. The molecular formula is C21H24N2. The highest BCUT2D eigenvalue weighted by molar-refractivity contribution is 5.80. The molecule has 2 aromatic carbocycles. The van der Waals surface area contributed by atoms with E-state index in [1.807, 2.05) is 0 Å². The van der Waals surface area contributed by atoms with Crippen molar-refractivity contribution in [3.63, 3.8) is 0 Å². The lowest BCUT2D eigenvalue weighted by Crippen LogP contribution is -2.33. The predicted molar refractivity (Wildman–Crippen MR) is 96.5 cm³/mol. The van der Waals surface area contributed by atoms with E-state index in [1.54, 1.807) is 0 Å². The van der Waals surface area contributed by atoms with E-state index in [2.05, 4.69) is 71.4 Å². The summed E-state index contributed by atoms with van der Waals surface area (Å²) >= 11 is 0. The molecule has 0 bridgehead atoms. The van der Waals surface area contributed by atoms with Crippen LogP contribution in [0.15, 0.2) is 54.6 Å². The Hall–Kier alpha value is -2.06. The van der Waals surface area contributed by atoms with Crippen LogP contribution in [0.2, 0.25) is 0 Å². The number of rotatable bonds is 3. The Morgan fingerprint density at radius 1 is 1.04 bits per heavy atom. The topological polar surface area (TPSA) is 19.0 Å². The monoisotopic (exact) mass is 304 g/mol. The normalized spacial score (nSPS) is 19.3. The van der Waals surface area contributed by atoms with Crippen molar-refractivity contribution in [2.75, 3.05) is 6.54 Å². The largest absolute Gasteiger partial charge is 0.357 e. The zero-order valence-corrected chi connectivity index (χ0v) is 13.8. The van der Waals surface area contributed by atoms with Crippen LogP contribution in [0.5, 0.6) is 0 Å². The van der Waals surface area contributed by atoms with Crippen LogP contribution in [0.3, 0.4) is 0 Å². The van der Waals surface area contributed by atoms with Crippen molar-refractivity contribution in [3.8, 4) is 0 Å². The third-order valence-corrected chi connectivity index (χ3v) is 5.03. The lowest BCUT2D eigenvalue weighted by atomic mass is 9.98. The quantitative estimate of drug-likeness (QED) is 0.704. The van der Waals surface area contributed by atoms with Gasteiger partial charge in [0.25, 0.3) is 0 Å². The Kier molecular flexibility index (Phi) is 3.92. The summed E-state index contributed by atoms with van der Waals surface area (Å²) in [6.07, 6.45) is 3.88. The molecule has 0 amide bonds. The van der Waals surface area contributed by atoms with Gasteiger partial charge in [-0.05, 0) is 49.4 Å². The molecule has 2 nitrogen and oxygen atoms in total. The third kappa shape index (κ3) is 3.04. The van der Waals surface area contributed by atoms with Gasteiger partial charge in [0.15, 0.2) is 0 Å². The highest BCUT2D eigenvalue weighted by Gasteiger charge is 2.25. The van der Waals surface area contributed by atoms with Gasteiger partial charge >= 0.3 is 0 Å². The first-order chi connectivity index (χ1) is 11.3. The molecule has 0 unspecified atom stereocenters. The number of likely N-dealkylation sites (tertiary alicyclic amines) is 1. The second-order valence-electron chi connectivity index (χ2n) is 6.78. The van der Waals surface area contributed by atoms with E-state index in [9.17, 15) is 0 Å². The molecule has 0 spiro atoms. The molecule has 2 heteroatoms. The number of nitrogens with zero attached hydrogens (tertiary/aromatic N) is 1. The van der Waals surface area contributed by atoms with Crippen molar-refractivity contribution >= 4 is 10.9 Å². The van der Waals surface area contributed by atoms with Crippen molar-refractivity contribution in [1.29, 1.82) is 0 Å². The molecule has 1 N–H and O–H groups in total. The van der Waals surface area contributed by atoms with Crippen molar-refractivity contribution in [1.82, 2.24) is 9.88 Å². The van der Waals surface area contributed by atoms with Gasteiger partial charge < -0.3 is 4.98 Å². The lowest BCUT2D eigenvalue weighted by Gasteiger charge is -2.35. The molecule has 1 atom stereocenters. The Bertz CT molecular complexity index is 752. The molecule has 23 heavy (non-hydrogen) atoms. The summed E-state index contributed by atoms with van der Waals surface area (Å²) in [5.41, 5.74) is 5.37. The van der Waals surface area contributed by atoms with Crippen LogP contribution in [0, 0.1) is 6.92 Å². The van der Waals surface area contributed by atoms with E-state index in [0.29, 0.717) is 6.04 Å². The van der Waals surface area contributed by atoms with Gasteiger partial charge in [-0.3, -0.25) is 4.90 Å². The maximum absolute atomic E-state index is 3.65. The number of hydrogen-bond donors (Lipinski definition) is 1. The fourth-order valence-corrected chi connectivity index (χ4v) is 3.74. The number of para-hydroxylation sites is 1. The summed E-state index contributed by atoms with van der Waals surface area (Å²) in [7, 11) is 0. The number of aromatic amines is 1. The van der Waals surface area contributed by atoms with Gasteiger partial charge in [-0.1, -0.05) is 54.4 Å². The SMILES string of the molecule is Cc1ccc(CN2CCCC[C@@H]2c2cc3ccccc3[nH]2)cc1. The van der Waals surface area contributed by atoms with Crippen molar-refractivity contribution in [2.45, 2.75) is 38.8 Å². The van der Waals surface area contributed by atoms with E-state index in [-0.39, 0.29) is 0 Å². The minimum Gasteiger partial charge on any atom is -0.357 e. The van der Waals surface area contributed by atoms with Crippen LogP contribution in [-0.2, 0) is 6.54 Å². The van der Waals surface area contributed by atoms with Crippen molar-refractivity contribution < 1.29 is 0 Å². The molecule has 0 aliphatic carbocycles. The Balaban J connectivity index is 1.60. The average molecular weight is 304 g/mol. The van der Waals surface area contributed by atoms with Crippen LogP contribution in [0.1, 0.15) is 42.1 Å². The van der Waals surface area contributed by atoms with Crippen molar-refractivity contribution in [2.24, 2.45) is 0 Å². The molecule has 3 aromatic rings. The van der Waals surface area contributed by atoms with Crippen LogP contribution in [0.25, 0.3) is 10.9 Å². The average Bonchev–Trinajstić information content (AvgIpc) is 3.01. The number of H-pyrrole nitrogens is 1. The number of hydrogen-bond acceptors (Lipinski definition) is 1. The molecular weight excluding hydrogens is 280 g/mol. The van der Waals surface area contributed by atoms with E-state index < -0.39 is 0 Å². The number of aromatic nitrogens is 1. The molecule has 1 fully saturated rings. The summed E-state index contributed by atoms with van der Waals surface area (Å²) in [4.78, 5) is 6.29. The first kappa shape index (κ1) is 14.5. The van der Waals surface area contributed by atoms with Gasteiger partial charge in [0.2, 0.25) is 0 Å². The standard InChI is InChI=1S/C21H24N2/c1-16-9-11-17(12-10-16)15-23-13-5-4-8-21(23)20-14-18-6-2-3-7-19(18)22-20/h2-3,6-7,9-12,14,21-22H,4-5,8,13,15H2,1H3/t21-/m1/s1. The zero-order valence-electron chi connectivity index (χ0n) is 13.8. The molecule has 1 saturated heterocycles. The van der Waals surface area contributed by atoms with Crippen LogP contribution >= 0.6 is 0 Å². The lowest BCUT2D eigenvalue weighted by molar-refractivity contribution is 0.138. The maximum Gasteiger partial charge on any atom is 0.0502 e. The summed E-state index contributed by atoms with van der Waals surface area (Å²) in [6, 6.07) is 20.4. The molecule has 1 aromatic heterocycles. The Morgan fingerprint density at radius 3 is 2.70 bits per heavy atom. The van der Waals surface area contributed by atoms with Crippen LogP contribution in [0.4, 0.5) is 0 Å². The molecule has 0 saturated carbocycles. The second-order valence-corrected chi connectivity index (χ2v) is 6.78. The maximum atomic E-state index is 3.65. The summed E-state index contributed by atoms with van der Waals surface area (Å²) in [5.74, 6) is 0. The molecule has 4 rings (SSSR count). The second kappa shape index (κ2) is 6.21. The van der Waals surface area contributed by atoms with Gasteiger partial charge in [0.05, 0.1) is 6.04 Å². The van der Waals surface area contributed by atoms with Gasteiger partial charge in [0, 0.05) is 17.8 Å². The van der Waals surface area contributed by atoms with Crippen molar-refractivity contribution in [3.05, 3.63) is 71.4 Å². The number of nitrogens with one attached hydrogen (secondary N) is 1.